The third kappa shape index (κ3) is 4.10. The zero-order valence-electron chi connectivity index (χ0n) is 20.6. The Bertz CT molecular complexity index is 1870. The molecular weight excluding hydrogens is 464 g/mol. The molecule has 180 valence electrons. The highest BCUT2D eigenvalue weighted by Gasteiger charge is 2.12. The molecule has 3 nitrogen and oxygen atoms in total. The minimum Gasteiger partial charge on any atom is -0.455 e. The van der Waals surface area contributed by atoms with Gasteiger partial charge in [0.05, 0.1) is 0 Å². The maximum absolute atomic E-state index is 6.20. The molecular formula is C35H24N2O. The van der Waals surface area contributed by atoms with E-state index in [2.05, 4.69) is 126 Å². The summed E-state index contributed by atoms with van der Waals surface area (Å²) in [6.07, 6.45) is 3.63. The van der Waals surface area contributed by atoms with Crippen molar-refractivity contribution in [1.29, 1.82) is 0 Å². The van der Waals surface area contributed by atoms with Gasteiger partial charge in [0.15, 0.2) is 0 Å². The molecule has 0 radical (unpaired) electrons. The number of anilines is 2. The smallest absolute Gasteiger partial charge is 0.143 e. The van der Waals surface area contributed by atoms with Crippen molar-refractivity contribution in [1.82, 2.24) is 4.98 Å². The topological polar surface area (TPSA) is 38.1 Å². The average molecular weight is 489 g/mol. The molecule has 3 heteroatoms. The summed E-state index contributed by atoms with van der Waals surface area (Å²) in [7, 11) is 0. The molecule has 0 spiro atoms. The average Bonchev–Trinajstić information content (AvgIpc) is 3.37. The number of hydrogen-bond donors (Lipinski definition) is 1. The monoisotopic (exact) mass is 488 g/mol. The molecule has 0 saturated carbocycles. The Morgan fingerprint density at radius 1 is 0.500 bits per heavy atom. The van der Waals surface area contributed by atoms with Crippen LogP contribution >= 0.6 is 0 Å². The van der Waals surface area contributed by atoms with Crippen LogP contribution in [0.5, 0.6) is 0 Å². The largest absolute Gasteiger partial charge is 0.455 e. The molecule has 0 fully saturated rings. The van der Waals surface area contributed by atoms with Crippen LogP contribution < -0.4 is 5.32 Å². The fourth-order valence-corrected chi connectivity index (χ4v) is 5.03. The van der Waals surface area contributed by atoms with Crippen LogP contribution in [0.1, 0.15) is 0 Å². The van der Waals surface area contributed by atoms with E-state index in [1.54, 1.807) is 6.20 Å². The molecule has 0 aliphatic rings. The SMILES string of the molecule is c1ccc(-c2ccc(-c3cccc(Nc4ccc(-c5cccc6c5oc5ccncc56)cc4)c3)cc2)cc1. The second kappa shape index (κ2) is 9.38. The molecule has 0 unspecified atom stereocenters. The molecule has 7 aromatic rings. The summed E-state index contributed by atoms with van der Waals surface area (Å²) in [5.41, 5.74) is 10.8. The minimum absolute atomic E-state index is 0.857. The number of para-hydroxylation sites is 1. The molecule has 38 heavy (non-hydrogen) atoms. The Morgan fingerprint density at radius 3 is 2.00 bits per heavy atom. The molecule has 0 amide bonds. The first-order valence-corrected chi connectivity index (χ1v) is 12.7. The first-order valence-electron chi connectivity index (χ1n) is 12.7. The maximum Gasteiger partial charge on any atom is 0.143 e. The van der Waals surface area contributed by atoms with Gasteiger partial charge >= 0.3 is 0 Å². The Kier molecular flexibility index (Phi) is 5.45. The lowest BCUT2D eigenvalue weighted by atomic mass is 10.00. The zero-order chi connectivity index (χ0) is 25.3. The number of pyridine rings is 1. The van der Waals surface area contributed by atoms with Crippen molar-refractivity contribution in [2.24, 2.45) is 0 Å². The highest BCUT2D eigenvalue weighted by molar-refractivity contribution is 6.09. The van der Waals surface area contributed by atoms with Gasteiger partial charge in [-0.1, -0.05) is 97.1 Å². The van der Waals surface area contributed by atoms with Crippen molar-refractivity contribution >= 4 is 33.3 Å². The van der Waals surface area contributed by atoms with E-state index in [0.717, 1.165) is 44.4 Å². The second-order valence-corrected chi connectivity index (χ2v) is 9.38. The number of furan rings is 1. The van der Waals surface area contributed by atoms with E-state index in [1.807, 2.05) is 18.3 Å². The molecule has 0 bridgehead atoms. The zero-order valence-corrected chi connectivity index (χ0v) is 20.6. The summed E-state index contributed by atoms with van der Waals surface area (Å²) >= 11 is 0. The molecule has 0 aliphatic carbocycles. The summed E-state index contributed by atoms with van der Waals surface area (Å²) < 4.78 is 6.20. The van der Waals surface area contributed by atoms with Crippen molar-refractivity contribution in [3.05, 3.63) is 140 Å². The van der Waals surface area contributed by atoms with E-state index in [1.165, 1.54) is 22.3 Å². The predicted molar refractivity (Wildman–Crippen MR) is 158 cm³/mol. The third-order valence-electron chi connectivity index (χ3n) is 6.97. The van der Waals surface area contributed by atoms with E-state index in [4.69, 9.17) is 4.42 Å². The normalized spacial score (nSPS) is 11.2. The van der Waals surface area contributed by atoms with E-state index in [9.17, 15) is 0 Å². The van der Waals surface area contributed by atoms with E-state index in [0.29, 0.717) is 0 Å². The predicted octanol–water partition coefficient (Wildman–Crippen LogP) is 9.73. The van der Waals surface area contributed by atoms with Gasteiger partial charge in [0.25, 0.3) is 0 Å². The highest BCUT2D eigenvalue weighted by atomic mass is 16.3. The van der Waals surface area contributed by atoms with E-state index in [-0.39, 0.29) is 0 Å². The first kappa shape index (κ1) is 22.1. The van der Waals surface area contributed by atoms with Crippen LogP contribution in [0.25, 0.3) is 55.3 Å². The second-order valence-electron chi connectivity index (χ2n) is 9.38. The molecule has 1 N–H and O–H groups in total. The van der Waals surface area contributed by atoms with Crippen molar-refractivity contribution < 1.29 is 4.42 Å². The van der Waals surface area contributed by atoms with Gasteiger partial charge in [-0.2, -0.15) is 0 Å². The highest BCUT2D eigenvalue weighted by Crippen LogP contribution is 2.36. The molecule has 7 rings (SSSR count). The van der Waals surface area contributed by atoms with Crippen LogP contribution in [-0.2, 0) is 0 Å². The number of nitrogens with zero attached hydrogens (tertiary/aromatic N) is 1. The van der Waals surface area contributed by atoms with Crippen LogP contribution in [0.15, 0.2) is 144 Å². The summed E-state index contributed by atoms with van der Waals surface area (Å²) in [6.45, 7) is 0. The molecule has 0 atom stereocenters. The molecule has 2 aromatic heterocycles. The minimum atomic E-state index is 0.857. The number of aromatic nitrogens is 1. The van der Waals surface area contributed by atoms with Crippen LogP contribution in [0.3, 0.4) is 0 Å². The van der Waals surface area contributed by atoms with Crippen LogP contribution in [-0.4, -0.2) is 4.98 Å². The van der Waals surface area contributed by atoms with Gasteiger partial charge in [-0.3, -0.25) is 4.98 Å². The van der Waals surface area contributed by atoms with Gasteiger partial charge in [0.2, 0.25) is 0 Å². The van der Waals surface area contributed by atoms with Gasteiger partial charge in [0.1, 0.15) is 11.2 Å². The van der Waals surface area contributed by atoms with Crippen molar-refractivity contribution in [3.8, 4) is 33.4 Å². The lowest BCUT2D eigenvalue weighted by Crippen LogP contribution is -1.91. The lowest BCUT2D eigenvalue weighted by molar-refractivity contribution is 0.669. The standard InChI is InChI=1S/C35H24N2O/c1-2-6-24(7-3-1)25-12-14-26(15-13-25)28-8-4-9-30(22-28)37-29-18-16-27(17-19-29)31-10-5-11-32-33-23-36-21-20-34(33)38-35(31)32/h1-23,37H. The molecule has 0 saturated heterocycles. The Morgan fingerprint density at radius 2 is 1.18 bits per heavy atom. The van der Waals surface area contributed by atoms with Crippen molar-refractivity contribution in [2.45, 2.75) is 0 Å². The Balaban J connectivity index is 1.13. The summed E-state index contributed by atoms with van der Waals surface area (Å²) in [6, 6.07) is 44.4. The number of hydrogen-bond acceptors (Lipinski definition) is 3. The molecule has 2 heterocycles. The van der Waals surface area contributed by atoms with Gasteiger partial charge in [-0.15, -0.1) is 0 Å². The van der Waals surface area contributed by atoms with E-state index >= 15 is 0 Å². The Labute approximate surface area is 221 Å². The van der Waals surface area contributed by atoms with Gasteiger partial charge < -0.3 is 9.73 Å². The third-order valence-corrected chi connectivity index (χ3v) is 6.97. The maximum atomic E-state index is 6.20. The summed E-state index contributed by atoms with van der Waals surface area (Å²) in [4.78, 5) is 4.26. The quantitative estimate of drug-likeness (QED) is 0.262. The number of nitrogens with one attached hydrogen (secondary N) is 1. The van der Waals surface area contributed by atoms with Crippen LogP contribution in [0.2, 0.25) is 0 Å². The molecule has 0 aliphatic heterocycles. The van der Waals surface area contributed by atoms with Crippen molar-refractivity contribution in [2.75, 3.05) is 5.32 Å². The number of fused-ring (bicyclic) bond motifs is 3. The summed E-state index contributed by atoms with van der Waals surface area (Å²) in [5, 5.41) is 5.68. The van der Waals surface area contributed by atoms with Crippen LogP contribution in [0, 0.1) is 0 Å². The van der Waals surface area contributed by atoms with Gasteiger partial charge in [-0.25, -0.2) is 0 Å². The van der Waals surface area contributed by atoms with Crippen LogP contribution in [0.4, 0.5) is 11.4 Å². The first-order chi connectivity index (χ1) is 18.8. The molecule has 5 aromatic carbocycles. The number of benzene rings is 5. The van der Waals surface area contributed by atoms with Gasteiger partial charge in [0, 0.05) is 40.1 Å². The van der Waals surface area contributed by atoms with Gasteiger partial charge in [-0.05, 0) is 58.1 Å². The Hall–Kier alpha value is -5.15. The lowest BCUT2D eigenvalue weighted by Gasteiger charge is -2.11. The fourth-order valence-electron chi connectivity index (χ4n) is 5.03. The summed E-state index contributed by atoms with van der Waals surface area (Å²) in [5.74, 6) is 0. The van der Waals surface area contributed by atoms with Crippen molar-refractivity contribution in [3.63, 3.8) is 0 Å². The van der Waals surface area contributed by atoms with E-state index < -0.39 is 0 Å². The fraction of sp³-hybridized carbons (Fsp3) is 0. The number of rotatable bonds is 5.